The largest absolute Gasteiger partial charge is 0.502 e. The van der Waals surface area contributed by atoms with Crippen LogP contribution in [0.15, 0.2) is 12.3 Å². The average molecular weight is 278 g/mol. The third kappa shape index (κ3) is 6.51. The summed E-state index contributed by atoms with van der Waals surface area (Å²) in [6.07, 6.45) is 4.36. The summed E-state index contributed by atoms with van der Waals surface area (Å²) in [5.41, 5.74) is 0. The summed E-state index contributed by atoms with van der Waals surface area (Å²) in [6.45, 7) is 5.22. The van der Waals surface area contributed by atoms with Crippen LogP contribution in [0.2, 0.25) is 6.04 Å². The Morgan fingerprint density at radius 1 is 1.00 bits per heavy atom. The zero-order valence-corrected chi connectivity index (χ0v) is 13.1. The minimum Gasteiger partial charge on any atom is -0.502 e. The van der Waals surface area contributed by atoms with E-state index >= 15 is 0 Å². The summed E-state index contributed by atoms with van der Waals surface area (Å²) >= 11 is 0. The molecule has 0 saturated heterocycles. The molecule has 1 unspecified atom stereocenters. The molecular formula is C12H26O5Si. The maximum atomic E-state index is 5.61. The van der Waals surface area contributed by atoms with E-state index in [1.807, 2.05) is 19.9 Å². The van der Waals surface area contributed by atoms with Gasteiger partial charge in [-0.3, -0.25) is 0 Å². The fourth-order valence-electron chi connectivity index (χ4n) is 1.56. The van der Waals surface area contributed by atoms with E-state index in [-0.39, 0.29) is 6.10 Å². The van der Waals surface area contributed by atoms with Crippen LogP contribution in [0.1, 0.15) is 20.3 Å². The van der Waals surface area contributed by atoms with Gasteiger partial charge in [-0.2, -0.15) is 0 Å². The summed E-state index contributed by atoms with van der Waals surface area (Å²) in [5.74, 6) is 0. The van der Waals surface area contributed by atoms with E-state index in [1.165, 1.54) is 0 Å². The zero-order valence-electron chi connectivity index (χ0n) is 12.1. The molecular weight excluding hydrogens is 252 g/mol. The number of hydrogen-bond acceptors (Lipinski definition) is 5. The highest BCUT2D eigenvalue weighted by atomic mass is 28.4. The fraction of sp³-hybridized carbons (Fsp3) is 0.833. The van der Waals surface area contributed by atoms with Crippen molar-refractivity contribution in [2.75, 3.05) is 34.5 Å². The van der Waals surface area contributed by atoms with Crippen LogP contribution >= 0.6 is 0 Å². The summed E-state index contributed by atoms with van der Waals surface area (Å²) < 4.78 is 26.9. The molecule has 0 fully saturated rings. The molecule has 0 aliphatic carbocycles. The number of hydrogen-bond donors (Lipinski definition) is 0. The second kappa shape index (κ2) is 10.5. The molecule has 1 atom stereocenters. The summed E-state index contributed by atoms with van der Waals surface area (Å²) in [6, 6.07) is 0.706. The van der Waals surface area contributed by atoms with Crippen LogP contribution in [0.5, 0.6) is 0 Å². The molecule has 18 heavy (non-hydrogen) atoms. The van der Waals surface area contributed by atoms with Crippen molar-refractivity contribution in [3.8, 4) is 0 Å². The van der Waals surface area contributed by atoms with Crippen molar-refractivity contribution < 1.29 is 22.8 Å². The molecule has 6 heteroatoms. The minimum absolute atomic E-state index is 0.00567. The molecule has 0 rings (SSSR count). The predicted octanol–water partition coefficient (Wildman–Crippen LogP) is 2.21. The van der Waals surface area contributed by atoms with Gasteiger partial charge in [0.05, 0.1) is 19.0 Å². The molecule has 0 N–H and O–H groups in total. The first-order chi connectivity index (χ1) is 8.67. The quantitative estimate of drug-likeness (QED) is 0.428. The second-order valence-electron chi connectivity index (χ2n) is 3.61. The Morgan fingerprint density at radius 2 is 1.61 bits per heavy atom. The molecule has 0 aromatic heterocycles. The van der Waals surface area contributed by atoms with Crippen LogP contribution in [-0.2, 0) is 22.8 Å². The Hall–Kier alpha value is -0.403. The molecule has 0 saturated carbocycles. The van der Waals surface area contributed by atoms with Gasteiger partial charge in [0.2, 0.25) is 0 Å². The van der Waals surface area contributed by atoms with Gasteiger partial charge < -0.3 is 22.8 Å². The maximum Gasteiger partial charge on any atom is 0.500 e. The molecule has 0 bridgehead atoms. The van der Waals surface area contributed by atoms with E-state index < -0.39 is 8.80 Å². The fourth-order valence-corrected chi connectivity index (χ4v) is 3.31. The lowest BCUT2D eigenvalue weighted by atomic mass is 10.3. The smallest absolute Gasteiger partial charge is 0.500 e. The van der Waals surface area contributed by atoms with Crippen molar-refractivity contribution >= 4 is 8.80 Å². The van der Waals surface area contributed by atoms with E-state index in [0.717, 1.165) is 6.42 Å². The standard InChI is InChI=1S/C12H26O5Si/c1-6-16-10-8-12(17-7-2)9-11-18(13-3,14-4)15-5/h8,10,12H,6-7,9,11H2,1-5H3. The van der Waals surface area contributed by atoms with Crippen molar-refractivity contribution in [2.45, 2.75) is 32.4 Å². The van der Waals surface area contributed by atoms with E-state index in [9.17, 15) is 0 Å². The molecule has 0 heterocycles. The van der Waals surface area contributed by atoms with Crippen molar-refractivity contribution in [2.24, 2.45) is 0 Å². The monoisotopic (exact) mass is 278 g/mol. The SMILES string of the molecule is CCOC=CC(CC[Si](OC)(OC)OC)OCC. The number of ether oxygens (including phenoxy) is 2. The van der Waals surface area contributed by atoms with Gasteiger partial charge in [0, 0.05) is 34.0 Å². The van der Waals surface area contributed by atoms with Gasteiger partial charge in [-0.05, 0) is 26.3 Å². The van der Waals surface area contributed by atoms with Crippen LogP contribution in [-0.4, -0.2) is 49.5 Å². The molecule has 5 nitrogen and oxygen atoms in total. The zero-order chi connectivity index (χ0) is 13.9. The van der Waals surface area contributed by atoms with Gasteiger partial charge in [0.1, 0.15) is 0 Å². The van der Waals surface area contributed by atoms with Crippen molar-refractivity contribution in [1.82, 2.24) is 0 Å². The average Bonchev–Trinajstić information content (AvgIpc) is 2.41. The lowest BCUT2D eigenvalue weighted by Crippen LogP contribution is -2.43. The molecule has 0 aliphatic heterocycles. The normalized spacial score (nSPS) is 14.1. The predicted molar refractivity (Wildman–Crippen MR) is 72.4 cm³/mol. The molecule has 0 spiro atoms. The Balaban J connectivity index is 4.31. The molecule has 0 aromatic rings. The highest BCUT2D eigenvalue weighted by Crippen LogP contribution is 2.18. The Kier molecular flexibility index (Phi) is 10.3. The van der Waals surface area contributed by atoms with Crippen LogP contribution < -0.4 is 0 Å². The molecule has 0 amide bonds. The van der Waals surface area contributed by atoms with Gasteiger partial charge in [0.15, 0.2) is 0 Å². The lowest BCUT2D eigenvalue weighted by molar-refractivity contribution is 0.0790. The minimum atomic E-state index is -2.51. The highest BCUT2D eigenvalue weighted by Gasteiger charge is 2.37. The highest BCUT2D eigenvalue weighted by molar-refractivity contribution is 6.60. The van der Waals surface area contributed by atoms with Gasteiger partial charge >= 0.3 is 8.80 Å². The van der Waals surface area contributed by atoms with Crippen LogP contribution in [0.4, 0.5) is 0 Å². The van der Waals surface area contributed by atoms with E-state index in [1.54, 1.807) is 27.6 Å². The first-order valence-corrected chi connectivity index (χ1v) is 8.16. The first-order valence-electron chi connectivity index (χ1n) is 6.23. The third-order valence-electron chi connectivity index (χ3n) is 2.60. The van der Waals surface area contributed by atoms with Gasteiger partial charge in [-0.25, -0.2) is 0 Å². The van der Waals surface area contributed by atoms with Crippen LogP contribution in [0.25, 0.3) is 0 Å². The topological polar surface area (TPSA) is 46.2 Å². The number of rotatable bonds is 11. The summed E-state index contributed by atoms with van der Waals surface area (Å²) in [4.78, 5) is 0. The maximum absolute atomic E-state index is 5.61. The van der Waals surface area contributed by atoms with E-state index in [0.29, 0.717) is 19.3 Å². The Bertz CT molecular complexity index is 210. The lowest BCUT2D eigenvalue weighted by Gasteiger charge is -2.25. The summed E-state index contributed by atoms with van der Waals surface area (Å²) in [5, 5.41) is 0. The van der Waals surface area contributed by atoms with Crippen LogP contribution in [0, 0.1) is 0 Å². The van der Waals surface area contributed by atoms with Crippen molar-refractivity contribution in [3.05, 3.63) is 12.3 Å². The van der Waals surface area contributed by atoms with Crippen molar-refractivity contribution in [3.63, 3.8) is 0 Å². The first kappa shape index (κ1) is 17.6. The molecule has 0 aliphatic rings. The van der Waals surface area contributed by atoms with Crippen molar-refractivity contribution in [1.29, 1.82) is 0 Å². The van der Waals surface area contributed by atoms with Gasteiger partial charge in [-0.15, -0.1) is 0 Å². The second-order valence-corrected chi connectivity index (χ2v) is 6.70. The Labute approximate surface area is 111 Å². The molecule has 108 valence electrons. The van der Waals surface area contributed by atoms with E-state index in [2.05, 4.69) is 0 Å². The third-order valence-corrected chi connectivity index (χ3v) is 5.37. The molecule has 0 radical (unpaired) electrons. The van der Waals surface area contributed by atoms with E-state index in [4.69, 9.17) is 22.8 Å². The van der Waals surface area contributed by atoms with Gasteiger partial charge in [0.25, 0.3) is 0 Å². The molecule has 0 aromatic carbocycles. The van der Waals surface area contributed by atoms with Crippen LogP contribution in [0.3, 0.4) is 0 Å². The Morgan fingerprint density at radius 3 is 2.06 bits per heavy atom. The van der Waals surface area contributed by atoms with Gasteiger partial charge in [-0.1, -0.05) is 0 Å². The summed E-state index contributed by atoms with van der Waals surface area (Å²) in [7, 11) is 2.34.